The molecule has 2 N–H and O–H groups in total. The number of hydrogen-bond donors (Lipinski definition) is 2. The van der Waals surface area contributed by atoms with Crippen molar-refractivity contribution in [3.8, 4) is 0 Å². The number of hydrogen-bond acceptors (Lipinski definition) is 3. The van der Waals surface area contributed by atoms with Crippen LogP contribution in [0, 0.1) is 5.92 Å². The highest BCUT2D eigenvalue weighted by Gasteiger charge is 2.36. The second-order valence-corrected chi connectivity index (χ2v) is 5.40. The fraction of sp³-hybridized carbons (Fsp3) is 0.923. The van der Waals surface area contributed by atoms with Gasteiger partial charge in [-0.3, -0.25) is 9.69 Å². The van der Waals surface area contributed by atoms with Crippen LogP contribution in [0.5, 0.6) is 0 Å². The van der Waals surface area contributed by atoms with Gasteiger partial charge in [0.1, 0.15) is 0 Å². The van der Waals surface area contributed by atoms with Crippen LogP contribution in [0.1, 0.15) is 32.6 Å². The van der Waals surface area contributed by atoms with E-state index in [0.717, 1.165) is 26.1 Å². The van der Waals surface area contributed by atoms with Crippen molar-refractivity contribution in [1.82, 2.24) is 15.5 Å². The van der Waals surface area contributed by atoms with Crippen LogP contribution in [0.25, 0.3) is 0 Å². The fourth-order valence-electron chi connectivity index (χ4n) is 3.22. The van der Waals surface area contributed by atoms with Gasteiger partial charge in [0.25, 0.3) is 0 Å². The highest BCUT2D eigenvalue weighted by molar-refractivity contribution is 5.81. The van der Waals surface area contributed by atoms with E-state index in [4.69, 9.17) is 0 Å². The first-order valence-corrected chi connectivity index (χ1v) is 6.92. The molecule has 0 saturated carbocycles. The molecule has 3 atom stereocenters. The predicted octanol–water partition coefficient (Wildman–Crippen LogP) is 0.585. The maximum Gasteiger partial charge on any atom is 0.237 e. The van der Waals surface area contributed by atoms with Crippen LogP contribution in [0.15, 0.2) is 0 Å². The van der Waals surface area contributed by atoms with E-state index in [-0.39, 0.29) is 11.9 Å². The Labute approximate surface area is 104 Å². The third kappa shape index (κ3) is 2.80. The lowest BCUT2D eigenvalue weighted by atomic mass is 9.89. The number of piperidine rings is 2. The van der Waals surface area contributed by atoms with Crippen molar-refractivity contribution in [1.29, 1.82) is 0 Å². The third-order valence-corrected chi connectivity index (χ3v) is 4.31. The Morgan fingerprint density at radius 2 is 2.18 bits per heavy atom. The number of nitrogens with zero attached hydrogens (tertiary/aromatic N) is 1. The first kappa shape index (κ1) is 12.8. The van der Waals surface area contributed by atoms with E-state index in [0.29, 0.717) is 12.0 Å². The number of nitrogens with one attached hydrogen (secondary N) is 2. The van der Waals surface area contributed by atoms with Crippen LogP contribution in [-0.2, 0) is 4.79 Å². The molecule has 2 aliphatic heterocycles. The highest BCUT2D eigenvalue weighted by atomic mass is 16.2. The molecule has 0 aromatic rings. The van der Waals surface area contributed by atoms with Crippen molar-refractivity contribution in [3.05, 3.63) is 0 Å². The van der Waals surface area contributed by atoms with Gasteiger partial charge in [0.15, 0.2) is 0 Å². The van der Waals surface area contributed by atoms with Crippen molar-refractivity contribution < 1.29 is 4.79 Å². The average molecular weight is 239 g/mol. The van der Waals surface area contributed by atoms with Gasteiger partial charge >= 0.3 is 0 Å². The van der Waals surface area contributed by atoms with Crippen LogP contribution in [0.2, 0.25) is 0 Å². The molecule has 0 bridgehead atoms. The third-order valence-electron chi connectivity index (χ3n) is 4.31. The van der Waals surface area contributed by atoms with E-state index < -0.39 is 0 Å². The van der Waals surface area contributed by atoms with E-state index in [1.54, 1.807) is 7.05 Å². The molecule has 1 amide bonds. The molecule has 0 radical (unpaired) electrons. The smallest absolute Gasteiger partial charge is 0.237 e. The second kappa shape index (κ2) is 5.83. The summed E-state index contributed by atoms with van der Waals surface area (Å²) in [5.74, 6) is 0.893. The maximum atomic E-state index is 12.0. The summed E-state index contributed by atoms with van der Waals surface area (Å²) in [6, 6.07) is 0.632. The Balaban J connectivity index is 2.06. The quantitative estimate of drug-likeness (QED) is 0.741. The summed E-state index contributed by atoms with van der Waals surface area (Å²) in [6.45, 7) is 5.56. The molecule has 0 aliphatic carbocycles. The summed E-state index contributed by atoms with van der Waals surface area (Å²) >= 11 is 0. The van der Waals surface area contributed by atoms with Gasteiger partial charge in [-0.05, 0) is 38.3 Å². The van der Waals surface area contributed by atoms with Crippen molar-refractivity contribution in [3.63, 3.8) is 0 Å². The maximum absolute atomic E-state index is 12.0. The number of amides is 1. The molecule has 4 heteroatoms. The number of likely N-dealkylation sites (N-methyl/N-ethyl adjacent to an activating group) is 1. The van der Waals surface area contributed by atoms with E-state index in [1.807, 2.05) is 0 Å². The Bertz CT molecular complexity index is 269. The van der Waals surface area contributed by atoms with Crippen LogP contribution < -0.4 is 10.6 Å². The van der Waals surface area contributed by atoms with Crippen LogP contribution in [-0.4, -0.2) is 49.6 Å². The van der Waals surface area contributed by atoms with Crippen LogP contribution in [0.4, 0.5) is 0 Å². The van der Waals surface area contributed by atoms with Crippen LogP contribution >= 0.6 is 0 Å². The molecule has 2 saturated heterocycles. The molecular formula is C13H25N3O. The minimum atomic E-state index is 0.0982. The first-order valence-electron chi connectivity index (χ1n) is 6.92. The van der Waals surface area contributed by atoms with Crippen molar-refractivity contribution in [2.45, 2.75) is 44.7 Å². The van der Waals surface area contributed by atoms with Gasteiger partial charge in [-0.2, -0.15) is 0 Å². The summed E-state index contributed by atoms with van der Waals surface area (Å²) in [6.07, 6.45) is 4.66. The highest BCUT2D eigenvalue weighted by Crippen LogP contribution is 2.25. The minimum absolute atomic E-state index is 0.0982. The van der Waals surface area contributed by atoms with Gasteiger partial charge in [0, 0.05) is 19.6 Å². The van der Waals surface area contributed by atoms with Crippen molar-refractivity contribution in [2.75, 3.05) is 26.7 Å². The zero-order valence-electron chi connectivity index (χ0n) is 11.0. The Kier molecular flexibility index (Phi) is 4.40. The topological polar surface area (TPSA) is 44.4 Å². The molecule has 3 unspecified atom stereocenters. The predicted molar refractivity (Wildman–Crippen MR) is 68.9 cm³/mol. The molecule has 2 aliphatic rings. The monoisotopic (exact) mass is 239 g/mol. The molecule has 2 heterocycles. The average Bonchev–Trinajstić information content (AvgIpc) is 2.38. The fourth-order valence-corrected chi connectivity index (χ4v) is 3.22. The molecule has 0 spiro atoms. The van der Waals surface area contributed by atoms with Crippen LogP contribution in [0.3, 0.4) is 0 Å². The first-order chi connectivity index (χ1) is 8.24. The summed E-state index contributed by atoms with van der Waals surface area (Å²) in [5, 5.41) is 6.28. The summed E-state index contributed by atoms with van der Waals surface area (Å²) in [5.41, 5.74) is 0. The summed E-state index contributed by atoms with van der Waals surface area (Å²) < 4.78 is 0. The largest absolute Gasteiger partial charge is 0.358 e. The number of carbonyl (C=O) groups excluding carboxylic acids is 1. The number of carbonyl (C=O) groups is 1. The van der Waals surface area contributed by atoms with Gasteiger partial charge in [0.05, 0.1) is 6.04 Å². The Hall–Kier alpha value is -0.610. The Morgan fingerprint density at radius 1 is 1.35 bits per heavy atom. The molecular weight excluding hydrogens is 214 g/mol. The normalized spacial score (nSPS) is 35.5. The van der Waals surface area contributed by atoms with E-state index >= 15 is 0 Å². The zero-order chi connectivity index (χ0) is 12.3. The van der Waals surface area contributed by atoms with Gasteiger partial charge in [-0.15, -0.1) is 0 Å². The number of likely N-dealkylation sites (tertiary alicyclic amines) is 1. The molecule has 0 aromatic heterocycles. The lowest BCUT2D eigenvalue weighted by Crippen LogP contribution is -2.59. The number of rotatable bonds is 2. The lowest BCUT2D eigenvalue weighted by Gasteiger charge is -2.44. The molecule has 2 fully saturated rings. The van der Waals surface area contributed by atoms with E-state index in [2.05, 4.69) is 22.5 Å². The summed E-state index contributed by atoms with van der Waals surface area (Å²) in [4.78, 5) is 14.4. The SMILES string of the molecule is CNC(=O)C1CCCCN1C1CNCCC1C. The molecule has 4 nitrogen and oxygen atoms in total. The molecule has 0 aromatic carbocycles. The second-order valence-electron chi connectivity index (χ2n) is 5.40. The standard InChI is InChI=1S/C13H25N3O/c1-10-6-7-15-9-12(10)16-8-4-3-5-11(16)13(17)14-2/h10-12,15H,3-9H2,1-2H3,(H,14,17). The lowest BCUT2D eigenvalue weighted by molar-refractivity contribution is -0.129. The van der Waals surface area contributed by atoms with Gasteiger partial charge in [-0.1, -0.05) is 13.3 Å². The minimum Gasteiger partial charge on any atom is -0.358 e. The van der Waals surface area contributed by atoms with Crippen molar-refractivity contribution in [2.24, 2.45) is 5.92 Å². The summed E-state index contributed by atoms with van der Waals surface area (Å²) in [7, 11) is 1.75. The molecule has 98 valence electrons. The molecule has 17 heavy (non-hydrogen) atoms. The van der Waals surface area contributed by atoms with Gasteiger partial charge < -0.3 is 10.6 Å². The Morgan fingerprint density at radius 3 is 2.88 bits per heavy atom. The van der Waals surface area contributed by atoms with Crippen molar-refractivity contribution >= 4 is 5.91 Å². The van der Waals surface area contributed by atoms with Gasteiger partial charge in [0.2, 0.25) is 5.91 Å². The molecule has 2 rings (SSSR count). The van der Waals surface area contributed by atoms with E-state index in [1.165, 1.54) is 19.3 Å². The van der Waals surface area contributed by atoms with Gasteiger partial charge in [-0.25, -0.2) is 0 Å². The zero-order valence-corrected chi connectivity index (χ0v) is 11.0. The van der Waals surface area contributed by atoms with E-state index in [9.17, 15) is 4.79 Å².